The van der Waals surface area contributed by atoms with Gasteiger partial charge in [0.1, 0.15) is 16.8 Å². The molecule has 0 fully saturated rings. The third kappa shape index (κ3) is 4.49. The summed E-state index contributed by atoms with van der Waals surface area (Å²) in [4.78, 5) is 13.8. The Morgan fingerprint density at radius 2 is 1.94 bits per heavy atom. The van der Waals surface area contributed by atoms with Crippen molar-refractivity contribution >= 4 is 22.2 Å². The molecule has 0 aliphatic carbocycles. The normalized spacial score (nSPS) is 12.0. The van der Waals surface area contributed by atoms with Gasteiger partial charge in [0.15, 0.2) is 11.5 Å². The van der Waals surface area contributed by atoms with Gasteiger partial charge in [-0.05, 0) is 68.3 Å². The van der Waals surface area contributed by atoms with Crippen LogP contribution in [0.25, 0.3) is 0 Å². The van der Waals surface area contributed by atoms with Gasteiger partial charge in [0.2, 0.25) is 6.79 Å². The van der Waals surface area contributed by atoms with Crippen LogP contribution in [-0.2, 0) is 6.42 Å². The van der Waals surface area contributed by atoms with Crippen LogP contribution in [0, 0.1) is 18.3 Å². The average Bonchev–Trinajstić information content (AvgIpc) is 3.32. The van der Waals surface area contributed by atoms with E-state index in [1.807, 2.05) is 39.0 Å². The van der Waals surface area contributed by atoms with Crippen molar-refractivity contribution in [2.75, 3.05) is 12.1 Å². The summed E-state index contributed by atoms with van der Waals surface area (Å²) in [6.45, 7) is 6.04. The van der Waals surface area contributed by atoms with Crippen molar-refractivity contribution in [3.05, 3.63) is 69.6 Å². The predicted octanol–water partition coefficient (Wildman–Crippen LogP) is 5.29. The van der Waals surface area contributed by atoms with E-state index in [2.05, 4.69) is 11.4 Å². The molecule has 4 rings (SSSR count). The van der Waals surface area contributed by atoms with Gasteiger partial charge in [-0.25, -0.2) is 0 Å². The minimum atomic E-state index is -0.261. The molecule has 0 radical (unpaired) electrons. The van der Waals surface area contributed by atoms with Crippen LogP contribution in [0.1, 0.15) is 45.8 Å². The van der Waals surface area contributed by atoms with Gasteiger partial charge in [-0.1, -0.05) is 6.07 Å². The Hall–Kier alpha value is -3.50. The lowest BCUT2D eigenvalue weighted by Crippen LogP contribution is -2.12. The number of thiophene rings is 1. The maximum absolute atomic E-state index is 12.7. The van der Waals surface area contributed by atoms with E-state index in [-0.39, 0.29) is 18.8 Å². The summed E-state index contributed by atoms with van der Waals surface area (Å²) in [5.41, 5.74) is 2.93. The number of amides is 1. The summed E-state index contributed by atoms with van der Waals surface area (Å²) in [7, 11) is 0. The Morgan fingerprint density at radius 1 is 1.19 bits per heavy atom. The first kappa shape index (κ1) is 20.8. The van der Waals surface area contributed by atoms with E-state index in [0.29, 0.717) is 28.3 Å². The van der Waals surface area contributed by atoms with Crippen molar-refractivity contribution in [2.45, 2.75) is 33.3 Å². The molecule has 6 nitrogen and oxygen atoms in total. The number of nitrogens with zero attached hydrogens (tertiary/aromatic N) is 1. The van der Waals surface area contributed by atoms with Gasteiger partial charge in [0, 0.05) is 16.9 Å². The second-order valence-corrected chi connectivity index (χ2v) is 8.58. The number of hydrogen-bond donors (Lipinski definition) is 1. The molecule has 0 unspecified atom stereocenters. The minimum Gasteiger partial charge on any atom is -0.491 e. The molecule has 7 heteroatoms. The fourth-order valence-electron chi connectivity index (χ4n) is 3.32. The number of anilines is 1. The zero-order chi connectivity index (χ0) is 22.0. The van der Waals surface area contributed by atoms with Crippen molar-refractivity contribution in [3.63, 3.8) is 0 Å². The lowest BCUT2D eigenvalue weighted by atomic mass is 10.1. The Morgan fingerprint density at radius 3 is 2.65 bits per heavy atom. The smallest absolute Gasteiger partial charge is 0.256 e. The van der Waals surface area contributed by atoms with Crippen LogP contribution in [0.2, 0.25) is 0 Å². The minimum absolute atomic E-state index is 0.0649. The number of ether oxygens (including phenoxy) is 3. The Balaban J connectivity index is 1.52. The number of carbonyl (C=O) groups excluding carboxylic acids is 1. The molecule has 2 aromatic carbocycles. The summed E-state index contributed by atoms with van der Waals surface area (Å²) in [5, 5.41) is 13.1. The second-order valence-electron chi connectivity index (χ2n) is 7.48. The molecule has 0 atom stereocenters. The molecule has 1 aliphatic rings. The maximum Gasteiger partial charge on any atom is 0.256 e. The highest BCUT2D eigenvalue weighted by Gasteiger charge is 2.19. The molecule has 1 aromatic heterocycles. The van der Waals surface area contributed by atoms with Crippen LogP contribution in [0.15, 0.2) is 42.5 Å². The van der Waals surface area contributed by atoms with E-state index in [4.69, 9.17) is 14.2 Å². The van der Waals surface area contributed by atoms with Crippen LogP contribution in [0.4, 0.5) is 5.00 Å². The number of nitriles is 1. The van der Waals surface area contributed by atoms with Crippen LogP contribution in [0.5, 0.6) is 17.2 Å². The molecule has 1 aliphatic heterocycles. The Bertz CT molecular complexity index is 1160. The molecule has 1 N–H and O–H groups in total. The number of nitrogens with one attached hydrogen (secondary N) is 1. The summed E-state index contributed by atoms with van der Waals surface area (Å²) in [6.07, 6.45) is 0.703. The topological polar surface area (TPSA) is 80.6 Å². The zero-order valence-corrected chi connectivity index (χ0v) is 18.3. The number of fused-ring (bicyclic) bond motifs is 1. The average molecular weight is 435 g/mol. The highest BCUT2D eigenvalue weighted by molar-refractivity contribution is 7.16. The van der Waals surface area contributed by atoms with Crippen molar-refractivity contribution in [3.8, 4) is 23.3 Å². The van der Waals surface area contributed by atoms with E-state index in [9.17, 15) is 10.1 Å². The van der Waals surface area contributed by atoms with Gasteiger partial charge in [-0.15, -0.1) is 11.3 Å². The molecule has 31 heavy (non-hydrogen) atoms. The molecule has 2 heterocycles. The number of rotatable bonds is 6. The van der Waals surface area contributed by atoms with Crippen molar-refractivity contribution < 1.29 is 19.0 Å². The number of carbonyl (C=O) groups is 1. The molecular formula is C24H22N2O4S. The third-order valence-electron chi connectivity index (χ3n) is 4.87. The zero-order valence-electron chi connectivity index (χ0n) is 17.5. The molecule has 0 bridgehead atoms. The molecule has 1 amide bonds. The SMILES string of the molecule is Cc1c(Cc2ccc3c(c2)OCO3)sc(NC(=O)c2ccc(OC(C)C)cc2)c1C#N. The van der Waals surface area contributed by atoms with Gasteiger partial charge in [-0.3, -0.25) is 4.79 Å². The van der Waals surface area contributed by atoms with Crippen LogP contribution >= 0.6 is 11.3 Å². The first-order chi connectivity index (χ1) is 14.9. The first-order valence-corrected chi connectivity index (χ1v) is 10.7. The van der Waals surface area contributed by atoms with Crippen molar-refractivity contribution in [1.29, 1.82) is 5.26 Å². The predicted molar refractivity (Wildman–Crippen MR) is 119 cm³/mol. The summed E-state index contributed by atoms with van der Waals surface area (Å²) >= 11 is 1.42. The molecule has 0 spiro atoms. The molecule has 0 saturated carbocycles. The van der Waals surface area contributed by atoms with Crippen LogP contribution in [-0.4, -0.2) is 18.8 Å². The van der Waals surface area contributed by atoms with Crippen LogP contribution < -0.4 is 19.5 Å². The molecule has 158 valence electrons. The largest absolute Gasteiger partial charge is 0.491 e. The summed E-state index contributed by atoms with van der Waals surface area (Å²) in [5.74, 6) is 1.92. The first-order valence-electron chi connectivity index (χ1n) is 9.93. The van der Waals surface area contributed by atoms with E-state index in [1.165, 1.54) is 11.3 Å². The summed E-state index contributed by atoms with van der Waals surface area (Å²) in [6, 6.07) is 15.0. The van der Waals surface area contributed by atoms with Crippen molar-refractivity contribution in [1.82, 2.24) is 0 Å². The van der Waals surface area contributed by atoms with Gasteiger partial charge < -0.3 is 19.5 Å². The van der Waals surface area contributed by atoms with E-state index in [0.717, 1.165) is 27.5 Å². The van der Waals surface area contributed by atoms with E-state index < -0.39 is 0 Å². The molecular weight excluding hydrogens is 412 g/mol. The van der Waals surface area contributed by atoms with Gasteiger partial charge in [0.05, 0.1) is 11.7 Å². The lowest BCUT2D eigenvalue weighted by Gasteiger charge is -2.10. The highest BCUT2D eigenvalue weighted by atomic mass is 32.1. The summed E-state index contributed by atoms with van der Waals surface area (Å²) < 4.78 is 16.4. The Kier molecular flexibility index (Phi) is 5.83. The molecule has 0 saturated heterocycles. The number of benzene rings is 2. The standard InChI is InChI=1S/C24H22N2O4S/c1-14(2)30-18-7-5-17(6-8-18)23(27)26-24-19(12-25)15(3)22(31-24)11-16-4-9-20-21(10-16)29-13-28-20/h4-10,14H,11,13H2,1-3H3,(H,26,27). The van der Waals surface area contributed by atoms with Crippen molar-refractivity contribution in [2.24, 2.45) is 0 Å². The van der Waals surface area contributed by atoms with E-state index >= 15 is 0 Å². The Labute approximate surface area is 185 Å². The fourth-order valence-corrected chi connectivity index (χ4v) is 4.51. The number of hydrogen-bond acceptors (Lipinski definition) is 6. The van der Waals surface area contributed by atoms with Crippen LogP contribution in [0.3, 0.4) is 0 Å². The maximum atomic E-state index is 12.7. The lowest BCUT2D eigenvalue weighted by molar-refractivity contribution is 0.102. The van der Waals surface area contributed by atoms with Gasteiger partial charge in [0.25, 0.3) is 5.91 Å². The van der Waals surface area contributed by atoms with Gasteiger partial charge in [-0.2, -0.15) is 5.26 Å². The monoisotopic (exact) mass is 434 g/mol. The highest BCUT2D eigenvalue weighted by Crippen LogP contribution is 2.37. The third-order valence-corrected chi connectivity index (χ3v) is 6.08. The molecule has 3 aromatic rings. The van der Waals surface area contributed by atoms with Gasteiger partial charge >= 0.3 is 0 Å². The second kappa shape index (κ2) is 8.70. The fraction of sp³-hybridized carbons (Fsp3) is 0.250. The van der Waals surface area contributed by atoms with E-state index in [1.54, 1.807) is 24.3 Å². The quantitative estimate of drug-likeness (QED) is 0.570.